The molecule has 0 amide bonds. The number of rotatable bonds is 12. The Morgan fingerprint density at radius 2 is 1.81 bits per heavy atom. The fourth-order valence-corrected chi connectivity index (χ4v) is 6.13. The number of carbonyl (C=O) groups is 2. The largest absolute Gasteiger partial charge is 0.480 e. The van der Waals surface area contributed by atoms with Crippen LogP contribution in [0.25, 0.3) is 0 Å². The van der Waals surface area contributed by atoms with Crippen molar-refractivity contribution in [3.05, 3.63) is 101 Å². The molecule has 4 rings (SSSR count). The van der Waals surface area contributed by atoms with Crippen LogP contribution in [-0.4, -0.2) is 53.1 Å². The molecule has 5 N–H and O–H groups in total. The predicted octanol–water partition coefficient (Wildman–Crippen LogP) is 3.32. The van der Waals surface area contributed by atoms with Crippen LogP contribution < -0.4 is 11.7 Å². The quantitative estimate of drug-likeness (QED) is 0.157. The van der Waals surface area contributed by atoms with Crippen LogP contribution in [0.5, 0.6) is 0 Å². The second-order valence-corrected chi connectivity index (χ2v) is 11.8. The molecule has 0 radical (unpaired) electrons. The molecule has 1 aliphatic heterocycles. The van der Waals surface area contributed by atoms with Gasteiger partial charge in [-0.3, -0.25) is 20.3 Å². The van der Waals surface area contributed by atoms with E-state index in [0.717, 1.165) is 16.7 Å². The summed E-state index contributed by atoms with van der Waals surface area (Å²) in [6.45, 7) is 2.17. The van der Waals surface area contributed by atoms with Gasteiger partial charge in [-0.25, -0.2) is 8.42 Å². The summed E-state index contributed by atoms with van der Waals surface area (Å²) < 4.78 is 26.3. The number of aryl methyl sites for hydroxylation is 1. The molecule has 0 unspecified atom stereocenters. The van der Waals surface area contributed by atoms with Crippen molar-refractivity contribution in [3.63, 3.8) is 0 Å². The maximum absolute atomic E-state index is 13.1. The first kappa shape index (κ1) is 32.9. The van der Waals surface area contributed by atoms with Crippen molar-refractivity contribution >= 4 is 40.4 Å². The van der Waals surface area contributed by atoms with E-state index in [-0.39, 0.29) is 34.2 Å². The fourth-order valence-electron chi connectivity index (χ4n) is 4.80. The molecule has 3 aromatic carbocycles. The summed E-state index contributed by atoms with van der Waals surface area (Å²) in [5, 5.41) is 15.1. The first-order valence-electron chi connectivity index (χ1n) is 13.0. The molecule has 1 aliphatic rings. The second-order valence-electron chi connectivity index (χ2n) is 9.94. The van der Waals surface area contributed by atoms with E-state index in [9.17, 15) is 23.1 Å². The first-order chi connectivity index (χ1) is 19.6. The van der Waals surface area contributed by atoms with Crippen molar-refractivity contribution in [1.29, 1.82) is 0 Å². The summed E-state index contributed by atoms with van der Waals surface area (Å²) in [5.41, 5.74) is 3.48. The van der Waals surface area contributed by atoms with Crippen LogP contribution in [0.15, 0.2) is 88.9 Å². The van der Waals surface area contributed by atoms with Crippen molar-refractivity contribution in [3.8, 4) is 0 Å². The summed E-state index contributed by atoms with van der Waals surface area (Å²) in [4.78, 5) is 31.2. The number of hydrogen-bond donors (Lipinski definition) is 3. The van der Waals surface area contributed by atoms with Gasteiger partial charge in [-0.15, -0.1) is 16.8 Å². The number of Topliss-reactive ketones (excluding diaryl/α,β-unsaturated/α-hetero) is 1. The third-order valence-corrected chi connectivity index (χ3v) is 8.54. The number of nitrogens with zero attached hydrogens (tertiary/aromatic N) is 3. The van der Waals surface area contributed by atoms with E-state index in [1.54, 1.807) is 13.0 Å². The lowest BCUT2D eigenvalue weighted by Gasteiger charge is -2.24. The number of hydrogen-bond acceptors (Lipinski definition) is 9. The van der Waals surface area contributed by atoms with Crippen LogP contribution in [0.2, 0.25) is 0 Å². The number of halogens is 1. The van der Waals surface area contributed by atoms with Crippen LogP contribution in [0.3, 0.4) is 0 Å². The Morgan fingerprint density at radius 1 is 1.12 bits per heavy atom. The van der Waals surface area contributed by atoms with Gasteiger partial charge in [-0.2, -0.15) is 10.2 Å². The third-order valence-electron chi connectivity index (χ3n) is 6.88. The average molecular weight is 616 g/mol. The van der Waals surface area contributed by atoms with E-state index < -0.39 is 40.3 Å². The normalized spacial score (nSPS) is 18.2. The van der Waals surface area contributed by atoms with Gasteiger partial charge in [0.25, 0.3) is 10.0 Å². The van der Waals surface area contributed by atoms with E-state index in [0.29, 0.717) is 18.5 Å². The van der Waals surface area contributed by atoms with Crippen molar-refractivity contribution in [2.24, 2.45) is 16.8 Å². The Balaban J connectivity index is 0.00000484. The number of hydrazone groups is 1. The third kappa shape index (κ3) is 8.00. The average Bonchev–Trinajstić information content (AvgIpc) is 3.33. The SMILES string of the molecule is Cc1cccc(S(=O)(=O)N(N)[C@@H](CC(=O)C[C@@H]2C[C@H](c3ccc(C=NN)cc3)N(Cc3ccccc3)O2)C(=O)O)c1.Cl. The van der Waals surface area contributed by atoms with Crippen LogP contribution in [0.1, 0.15) is 47.6 Å². The van der Waals surface area contributed by atoms with Gasteiger partial charge in [0.05, 0.1) is 23.3 Å². The molecule has 13 heteroatoms. The number of aliphatic carboxylic acids is 1. The van der Waals surface area contributed by atoms with Gasteiger partial charge < -0.3 is 10.9 Å². The zero-order valence-corrected chi connectivity index (χ0v) is 24.6. The smallest absolute Gasteiger partial charge is 0.324 e. The van der Waals surface area contributed by atoms with Crippen LogP contribution >= 0.6 is 12.4 Å². The van der Waals surface area contributed by atoms with Crippen molar-refractivity contribution < 1.29 is 28.0 Å². The number of carboxylic acids is 1. The zero-order chi connectivity index (χ0) is 29.6. The molecule has 0 aromatic heterocycles. The molecule has 42 heavy (non-hydrogen) atoms. The van der Waals surface area contributed by atoms with E-state index in [1.807, 2.05) is 59.7 Å². The molecule has 1 saturated heterocycles. The standard InChI is InChI=1S/C29H33N5O6S.ClH/c1-20-6-5-9-26(14-20)41(38,39)34(31)28(29(36)37)16-24(35)15-25-17-27(23-12-10-21(11-13-23)18-32-30)33(40-25)19-22-7-3-2-4-8-22;/h2-14,18,25,27-28H,15-17,19,30-31H2,1H3,(H,36,37);1H/t25-,27-,28+;/m1./s1. The van der Waals surface area contributed by atoms with E-state index in [1.165, 1.54) is 24.4 Å². The summed E-state index contributed by atoms with van der Waals surface area (Å²) >= 11 is 0. The molecular weight excluding hydrogens is 582 g/mol. The fraction of sp³-hybridized carbons (Fsp3) is 0.276. The molecule has 0 bridgehead atoms. The van der Waals surface area contributed by atoms with Gasteiger partial charge in [0.2, 0.25) is 0 Å². The number of carbonyl (C=O) groups excluding carboxylic acids is 1. The van der Waals surface area contributed by atoms with Crippen molar-refractivity contribution in [2.75, 3.05) is 0 Å². The van der Waals surface area contributed by atoms with E-state index in [4.69, 9.17) is 16.5 Å². The molecule has 0 saturated carbocycles. The highest BCUT2D eigenvalue weighted by atomic mass is 35.5. The highest BCUT2D eigenvalue weighted by Gasteiger charge is 2.39. The summed E-state index contributed by atoms with van der Waals surface area (Å²) in [6, 6.07) is 21.4. The minimum absolute atomic E-state index is 0. The molecule has 11 nitrogen and oxygen atoms in total. The van der Waals surface area contributed by atoms with Gasteiger partial charge in [-0.05, 0) is 47.7 Å². The Bertz CT molecular complexity index is 1500. The number of benzene rings is 3. The Morgan fingerprint density at radius 3 is 2.43 bits per heavy atom. The molecule has 224 valence electrons. The molecule has 0 spiro atoms. The highest BCUT2D eigenvalue weighted by Crippen LogP contribution is 2.37. The molecular formula is C29H34ClN5O6S. The lowest BCUT2D eigenvalue weighted by atomic mass is 9.97. The Kier molecular flexibility index (Phi) is 11.3. The van der Waals surface area contributed by atoms with Crippen molar-refractivity contribution in [2.45, 2.75) is 55.8 Å². The highest BCUT2D eigenvalue weighted by molar-refractivity contribution is 7.89. The van der Waals surface area contributed by atoms with Gasteiger partial charge in [0, 0.05) is 19.4 Å². The number of hydrazine groups is 1. The Hall–Kier alpha value is -3.65. The molecule has 3 aromatic rings. The number of sulfonamides is 1. The second kappa shape index (κ2) is 14.5. The minimum Gasteiger partial charge on any atom is -0.480 e. The van der Waals surface area contributed by atoms with Gasteiger partial charge >= 0.3 is 5.97 Å². The van der Waals surface area contributed by atoms with Crippen LogP contribution in [-0.2, 0) is 31.0 Å². The number of carboxylic acid groups (broad SMARTS) is 1. The monoisotopic (exact) mass is 615 g/mol. The minimum atomic E-state index is -4.35. The summed E-state index contributed by atoms with van der Waals surface area (Å²) in [6.07, 6.45) is 0.746. The zero-order valence-electron chi connectivity index (χ0n) is 22.9. The van der Waals surface area contributed by atoms with Crippen LogP contribution in [0.4, 0.5) is 0 Å². The maximum atomic E-state index is 13.1. The Labute approximate surface area is 251 Å². The number of hydroxylamine groups is 2. The summed E-state index contributed by atoms with van der Waals surface area (Å²) in [7, 11) is -4.35. The maximum Gasteiger partial charge on any atom is 0.324 e. The molecule has 0 aliphatic carbocycles. The molecule has 1 fully saturated rings. The lowest BCUT2D eigenvalue weighted by Crippen LogP contribution is -2.50. The molecule has 3 atom stereocenters. The van der Waals surface area contributed by atoms with E-state index in [2.05, 4.69) is 5.10 Å². The van der Waals surface area contributed by atoms with Gasteiger partial charge in [0.1, 0.15) is 11.8 Å². The van der Waals surface area contributed by atoms with Gasteiger partial charge in [0.15, 0.2) is 0 Å². The van der Waals surface area contributed by atoms with Gasteiger partial charge in [-0.1, -0.05) is 66.7 Å². The predicted molar refractivity (Wildman–Crippen MR) is 160 cm³/mol. The van der Waals surface area contributed by atoms with E-state index >= 15 is 0 Å². The van der Waals surface area contributed by atoms with Crippen LogP contribution in [0, 0.1) is 6.92 Å². The molecule has 1 heterocycles. The van der Waals surface area contributed by atoms with Crippen molar-refractivity contribution in [1.82, 2.24) is 9.48 Å². The number of nitrogens with two attached hydrogens (primary N) is 2. The lowest BCUT2D eigenvalue weighted by molar-refractivity contribution is -0.174. The first-order valence-corrected chi connectivity index (χ1v) is 14.4. The summed E-state index contributed by atoms with van der Waals surface area (Å²) in [5.74, 6) is 9.08. The number of ketones is 1. The topological polar surface area (TPSA) is 169 Å².